The Morgan fingerprint density at radius 2 is 2.00 bits per heavy atom. The largest absolute Gasteiger partial charge is 0.326 e. The summed E-state index contributed by atoms with van der Waals surface area (Å²) in [5.74, 6) is -0.155. The van der Waals surface area contributed by atoms with E-state index in [1.54, 1.807) is 0 Å². The number of rotatable bonds is 4. The van der Waals surface area contributed by atoms with Crippen molar-refractivity contribution in [3.63, 3.8) is 0 Å². The number of nitrogens with zero attached hydrogens (tertiary/aromatic N) is 2. The van der Waals surface area contributed by atoms with Gasteiger partial charge in [-0.15, -0.1) is 0 Å². The molecule has 1 saturated heterocycles. The number of hydrogen-bond acceptors (Lipinski definition) is 5. The third kappa shape index (κ3) is 3.28. The van der Waals surface area contributed by atoms with Crippen LogP contribution in [0.25, 0.3) is 0 Å². The summed E-state index contributed by atoms with van der Waals surface area (Å²) in [7, 11) is -3.40. The van der Waals surface area contributed by atoms with Gasteiger partial charge in [0, 0.05) is 31.3 Å². The van der Waals surface area contributed by atoms with Crippen molar-refractivity contribution < 1.29 is 13.3 Å². The van der Waals surface area contributed by atoms with E-state index < -0.39 is 14.9 Å². The molecule has 0 amide bonds. The van der Waals surface area contributed by atoms with Crippen molar-refractivity contribution in [3.05, 3.63) is 39.9 Å². The van der Waals surface area contributed by atoms with E-state index in [1.807, 2.05) is 0 Å². The van der Waals surface area contributed by atoms with Crippen molar-refractivity contribution in [1.82, 2.24) is 4.31 Å². The van der Waals surface area contributed by atoms with E-state index >= 15 is 0 Å². The van der Waals surface area contributed by atoms with Crippen molar-refractivity contribution in [2.45, 2.75) is 18.2 Å². The Bertz CT molecular complexity index is 570. The zero-order valence-corrected chi connectivity index (χ0v) is 11.0. The molecule has 0 bridgehead atoms. The lowest BCUT2D eigenvalue weighted by Gasteiger charge is -2.15. The fourth-order valence-electron chi connectivity index (χ4n) is 2.02. The van der Waals surface area contributed by atoms with E-state index in [2.05, 4.69) is 0 Å². The highest BCUT2D eigenvalue weighted by Crippen LogP contribution is 2.18. The van der Waals surface area contributed by atoms with E-state index in [0.717, 1.165) is 0 Å². The molecule has 1 atom stereocenters. The van der Waals surface area contributed by atoms with Crippen molar-refractivity contribution in [3.8, 4) is 0 Å². The maximum absolute atomic E-state index is 12.1. The Morgan fingerprint density at radius 3 is 2.47 bits per heavy atom. The van der Waals surface area contributed by atoms with E-state index in [-0.39, 0.29) is 17.5 Å². The van der Waals surface area contributed by atoms with Crippen LogP contribution in [0.2, 0.25) is 0 Å². The van der Waals surface area contributed by atoms with Gasteiger partial charge >= 0.3 is 0 Å². The van der Waals surface area contributed by atoms with Crippen molar-refractivity contribution >= 4 is 15.7 Å². The topological polar surface area (TPSA) is 107 Å². The second-order valence-corrected chi connectivity index (χ2v) is 6.56. The molecule has 0 saturated carbocycles. The van der Waals surface area contributed by atoms with Crippen LogP contribution in [0.15, 0.2) is 24.3 Å². The summed E-state index contributed by atoms with van der Waals surface area (Å²) in [5.41, 5.74) is 6.17. The van der Waals surface area contributed by atoms with Crippen LogP contribution in [-0.4, -0.2) is 36.8 Å². The summed E-state index contributed by atoms with van der Waals surface area (Å²) >= 11 is 0. The number of nitro groups is 1. The number of nitrogens with two attached hydrogens (primary N) is 1. The average Bonchev–Trinajstić information content (AvgIpc) is 2.77. The standard InChI is InChI=1S/C11H15N3O4S/c12-10-5-6-13(7-10)19(17,18)8-9-1-3-11(4-2-9)14(15)16/h1-4,10H,5-8,12H2/t10-/m0/s1. The molecule has 2 rings (SSSR count). The number of sulfonamides is 1. The predicted octanol–water partition coefficient (Wildman–Crippen LogP) is 0.458. The van der Waals surface area contributed by atoms with Crippen LogP contribution >= 0.6 is 0 Å². The van der Waals surface area contributed by atoms with E-state index in [0.29, 0.717) is 25.1 Å². The summed E-state index contributed by atoms with van der Waals surface area (Å²) in [4.78, 5) is 9.99. The first kappa shape index (κ1) is 13.9. The minimum absolute atomic E-state index is 0.0515. The lowest BCUT2D eigenvalue weighted by Crippen LogP contribution is -2.32. The maximum atomic E-state index is 12.1. The molecule has 0 radical (unpaired) electrons. The van der Waals surface area contributed by atoms with Gasteiger partial charge in [-0.3, -0.25) is 10.1 Å². The Kier molecular flexibility index (Phi) is 3.83. The van der Waals surface area contributed by atoms with Gasteiger partial charge in [0.1, 0.15) is 0 Å². The van der Waals surface area contributed by atoms with Gasteiger partial charge < -0.3 is 5.73 Å². The highest BCUT2D eigenvalue weighted by Gasteiger charge is 2.29. The average molecular weight is 285 g/mol. The fourth-order valence-corrected chi connectivity index (χ4v) is 3.62. The van der Waals surface area contributed by atoms with Gasteiger partial charge in [0.05, 0.1) is 10.7 Å². The van der Waals surface area contributed by atoms with E-state index in [1.165, 1.54) is 28.6 Å². The van der Waals surface area contributed by atoms with Gasteiger partial charge in [0.25, 0.3) is 5.69 Å². The lowest BCUT2D eigenvalue weighted by atomic mass is 10.2. The highest BCUT2D eigenvalue weighted by atomic mass is 32.2. The molecule has 1 aromatic rings. The number of nitro benzene ring substituents is 1. The van der Waals surface area contributed by atoms with Gasteiger partial charge in [-0.1, -0.05) is 12.1 Å². The van der Waals surface area contributed by atoms with Gasteiger partial charge in [-0.05, 0) is 12.0 Å². The Hall–Kier alpha value is -1.51. The molecule has 1 aromatic carbocycles. The Labute approximate surface area is 111 Å². The van der Waals surface area contributed by atoms with Gasteiger partial charge in [0.15, 0.2) is 0 Å². The van der Waals surface area contributed by atoms with Crippen molar-refractivity contribution in [2.24, 2.45) is 5.73 Å². The highest BCUT2D eigenvalue weighted by molar-refractivity contribution is 7.88. The number of hydrogen-bond donors (Lipinski definition) is 1. The zero-order valence-electron chi connectivity index (χ0n) is 10.2. The quantitative estimate of drug-likeness (QED) is 0.638. The molecular weight excluding hydrogens is 270 g/mol. The van der Waals surface area contributed by atoms with Gasteiger partial charge in [-0.25, -0.2) is 12.7 Å². The van der Waals surface area contributed by atoms with E-state index in [4.69, 9.17) is 5.73 Å². The normalized spacial score (nSPS) is 20.6. The minimum atomic E-state index is -3.40. The Morgan fingerprint density at radius 1 is 1.37 bits per heavy atom. The zero-order chi connectivity index (χ0) is 14.0. The summed E-state index contributed by atoms with van der Waals surface area (Å²) in [6.45, 7) is 0.784. The van der Waals surface area contributed by atoms with Crippen LogP contribution < -0.4 is 5.73 Å². The molecule has 0 aliphatic carbocycles. The first-order chi connectivity index (χ1) is 8.88. The number of non-ortho nitro benzene ring substituents is 1. The molecule has 7 nitrogen and oxygen atoms in total. The molecule has 19 heavy (non-hydrogen) atoms. The molecule has 0 unspecified atom stereocenters. The molecule has 2 N–H and O–H groups in total. The smallest absolute Gasteiger partial charge is 0.269 e. The SMILES string of the molecule is N[C@H]1CCN(S(=O)(=O)Cc2ccc([N+](=O)[O-])cc2)C1. The van der Waals surface area contributed by atoms with Crippen molar-refractivity contribution in [2.75, 3.05) is 13.1 Å². The molecular formula is C11H15N3O4S. The second-order valence-electron chi connectivity index (χ2n) is 4.59. The van der Waals surface area contributed by atoms with Gasteiger partial charge in [-0.2, -0.15) is 0 Å². The molecule has 0 spiro atoms. The van der Waals surface area contributed by atoms with Crippen LogP contribution in [0.5, 0.6) is 0 Å². The first-order valence-corrected chi connectivity index (χ1v) is 7.46. The van der Waals surface area contributed by atoms with E-state index in [9.17, 15) is 18.5 Å². The van der Waals surface area contributed by atoms with Crippen LogP contribution in [-0.2, 0) is 15.8 Å². The third-order valence-electron chi connectivity index (χ3n) is 3.08. The molecule has 104 valence electrons. The fraction of sp³-hybridized carbons (Fsp3) is 0.455. The monoisotopic (exact) mass is 285 g/mol. The predicted molar refractivity (Wildman–Crippen MR) is 69.9 cm³/mol. The summed E-state index contributed by atoms with van der Waals surface area (Å²) in [6, 6.07) is 5.44. The van der Waals surface area contributed by atoms with Crippen molar-refractivity contribution in [1.29, 1.82) is 0 Å². The summed E-state index contributed by atoms with van der Waals surface area (Å²) < 4.78 is 25.6. The molecule has 1 aliphatic heterocycles. The first-order valence-electron chi connectivity index (χ1n) is 5.85. The maximum Gasteiger partial charge on any atom is 0.269 e. The summed E-state index contributed by atoms with van der Waals surface area (Å²) in [5, 5.41) is 10.5. The summed E-state index contributed by atoms with van der Waals surface area (Å²) in [6.07, 6.45) is 0.666. The third-order valence-corrected chi connectivity index (χ3v) is 4.89. The lowest BCUT2D eigenvalue weighted by molar-refractivity contribution is -0.384. The minimum Gasteiger partial charge on any atom is -0.326 e. The second kappa shape index (κ2) is 5.24. The molecule has 8 heteroatoms. The molecule has 1 heterocycles. The molecule has 0 aromatic heterocycles. The Balaban J connectivity index is 2.10. The molecule has 1 aliphatic rings. The number of benzene rings is 1. The van der Waals surface area contributed by atoms with Crippen LogP contribution in [0.4, 0.5) is 5.69 Å². The van der Waals surface area contributed by atoms with Crippen LogP contribution in [0.3, 0.4) is 0 Å². The van der Waals surface area contributed by atoms with Crippen LogP contribution in [0.1, 0.15) is 12.0 Å². The van der Waals surface area contributed by atoms with Gasteiger partial charge in [0.2, 0.25) is 10.0 Å². The molecule has 1 fully saturated rings. The van der Waals surface area contributed by atoms with Crippen LogP contribution in [0, 0.1) is 10.1 Å².